The lowest BCUT2D eigenvalue weighted by Crippen LogP contribution is -1.93. The van der Waals surface area contributed by atoms with Crippen LogP contribution < -0.4 is 11.5 Å². The molecule has 4 nitrogen and oxygen atoms in total. The van der Waals surface area contributed by atoms with E-state index < -0.39 is 0 Å². The zero-order valence-corrected chi connectivity index (χ0v) is 6.36. The van der Waals surface area contributed by atoms with Gasteiger partial charge in [-0.1, -0.05) is 0 Å². The summed E-state index contributed by atoms with van der Waals surface area (Å²) in [6.45, 7) is 0. The van der Waals surface area contributed by atoms with Crippen LogP contribution in [0.4, 0.5) is 11.4 Å². The lowest BCUT2D eigenvalue weighted by atomic mass is 10.2. The second-order valence-electron chi connectivity index (χ2n) is 2.58. The zero-order chi connectivity index (χ0) is 8.55. The van der Waals surface area contributed by atoms with Gasteiger partial charge in [-0.05, 0) is 18.2 Å². The van der Waals surface area contributed by atoms with Gasteiger partial charge in [-0.3, -0.25) is 0 Å². The minimum absolute atomic E-state index is 0.604. The molecule has 0 radical (unpaired) electrons. The minimum atomic E-state index is 0.604. The number of rotatable bonds is 0. The van der Waals surface area contributed by atoms with Crippen molar-refractivity contribution in [3.63, 3.8) is 0 Å². The molecule has 0 aliphatic heterocycles. The maximum absolute atomic E-state index is 5.67. The molecule has 2 rings (SSSR count). The molecule has 0 fully saturated rings. The van der Waals surface area contributed by atoms with Crippen molar-refractivity contribution in [1.82, 2.24) is 10.2 Å². The topological polar surface area (TPSA) is 77.8 Å². The number of benzene rings is 1. The average molecular weight is 160 g/mol. The van der Waals surface area contributed by atoms with Gasteiger partial charge in [-0.25, -0.2) is 0 Å². The molecule has 4 N–H and O–H groups in total. The van der Waals surface area contributed by atoms with Crippen LogP contribution in [0.1, 0.15) is 0 Å². The van der Waals surface area contributed by atoms with Crippen LogP contribution in [0.2, 0.25) is 0 Å². The molecular formula is C8H8N4. The molecule has 0 unspecified atom stereocenters. The summed E-state index contributed by atoms with van der Waals surface area (Å²) < 4.78 is 0. The summed E-state index contributed by atoms with van der Waals surface area (Å²) >= 11 is 0. The number of hydrogen-bond acceptors (Lipinski definition) is 4. The normalized spacial score (nSPS) is 10.3. The number of nitrogens with two attached hydrogens (primary N) is 2. The van der Waals surface area contributed by atoms with Crippen LogP contribution in [-0.2, 0) is 0 Å². The molecule has 4 heteroatoms. The SMILES string of the molecule is Nc1ccc2nncc(N)c2c1. The van der Waals surface area contributed by atoms with Gasteiger partial charge in [0.25, 0.3) is 0 Å². The third-order valence-electron chi connectivity index (χ3n) is 1.69. The van der Waals surface area contributed by atoms with Crippen molar-refractivity contribution in [1.29, 1.82) is 0 Å². The van der Waals surface area contributed by atoms with Crippen LogP contribution in [0.15, 0.2) is 24.4 Å². The highest BCUT2D eigenvalue weighted by Crippen LogP contribution is 2.19. The molecule has 0 aliphatic rings. The number of aromatic nitrogens is 2. The molecule has 1 heterocycles. The van der Waals surface area contributed by atoms with Gasteiger partial charge in [0, 0.05) is 11.1 Å². The fourth-order valence-electron chi connectivity index (χ4n) is 1.09. The predicted octanol–water partition coefficient (Wildman–Crippen LogP) is 0.794. The lowest BCUT2D eigenvalue weighted by molar-refractivity contribution is 1.08. The highest BCUT2D eigenvalue weighted by atomic mass is 15.1. The van der Waals surface area contributed by atoms with Gasteiger partial charge >= 0.3 is 0 Å². The van der Waals surface area contributed by atoms with E-state index in [4.69, 9.17) is 11.5 Å². The quantitative estimate of drug-likeness (QED) is 0.558. The van der Waals surface area contributed by atoms with Crippen LogP contribution >= 0.6 is 0 Å². The molecule has 60 valence electrons. The molecule has 0 saturated heterocycles. The Labute approximate surface area is 69.2 Å². The summed E-state index contributed by atoms with van der Waals surface area (Å²) in [5.74, 6) is 0. The fraction of sp³-hybridized carbons (Fsp3) is 0. The van der Waals surface area contributed by atoms with Gasteiger partial charge < -0.3 is 11.5 Å². The molecule has 0 atom stereocenters. The number of nitrogens with zero attached hydrogens (tertiary/aromatic N) is 2. The Morgan fingerprint density at radius 3 is 2.83 bits per heavy atom. The Hall–Kier alpha value is -1.84. The number of nitrogen functional groups attached to an aromatic ring is 2. The van der Waals surface area contributed by atoms with Crippen LogP contribution in [0.5, 0.6) is 0 Å². The molecule has 0 saturated carbocycles. The van der Waals surface area contributed by atoms with Crippen molar-refractivity contribution in [2.24, 2.45) is 0 Å². The minimum Gasteiger partial charge on any atom is -0.399 e. The number of fused-ring (bicyclic) bond motifs is 1. The number of hydrogen-bond donors (Lipinski definition) is 2. The number of anilines is 2. The molecule has 0 aliphatic carbocycles. The van der Waals surface area contributed by atoms with Gasteiger partial charge in [0.05, 0.1) is 17.4 Å². The third-order valence-corrected chi connectivity index (χ3v) is 1.69. The van der Waals surface area contributed by atoms with Crippen LogP contribution in [0.25, 0.3) is 10.9 Å². The van der Waals surface area contributed by atoms with E-state index in [1.54, 1.807) is 18.2 Å². The predicted molar refractivity (Wildman–Crippen MR) is 48.4 cm³/mol. The Morgan fingerprint density at radius 2 is 2.00 bits per heavy atom. The van der Waals surface area contributed by atoms with Crippen molar-refractivity contribution >= 4 is 22.3 Å². The van der Waals surface area contributed by atoms with Crippen molar-refractivity contribution in [3.8, 4) is 0 Å². The Morgan fingerprint density at radius 1 is 1.17 bits per heavy atom. The Kier molecular flexibility index (Phi) is 1.33. The summed E-state index contributed by atoms with van der Waals surface area (Å²) in [6.07, 6.45) is 1.52. The van der Waals surface area contributed by atoms with Crippen LogP contribution in [0, 0.1) is 0 Å². The van der Waals surface area contributed by atoms with Gasteiger partial charge in [-0.15, -0.1) is 0 Å². The molecular weight excluding hydrogens is 152 g/mol. The van der Waals surface area contributed by atoms with E-state index in [2.05, 4.69) is 10.2 Å². The van der Waals surface area contributed by atoms with E-state index >= 15 is 0 Å². The van der Waals surface area contributed by atoms with Crippen molar-refractivity contribution in [3.05, 3.63) is 24.4 Å². The highest BCUT2D eigenvalue weighted by Gasteiger charge is 1.98. The smallest absolute Gasteiger partial charge is 0.0951 e. The van der Waals surface area contributed by atoms with Gasteiger partial charge in [0.15, 0.2) is 0 Å². The summed E-state index contributed by atoms with van der Waals surface area (Å²) in [7, 11) is 0. The maximum Gasteiger partial charge on any atom is 0.0951 e. The first-order chi connectivity index (χ1) is 5.77. The summed E-state index contributed by atoms with van der Waals surface area (Å²) in [6, 6.07) is 5.36. The van der Waals surface area contributed by atoms with Gasteiger partial charge in [0.2, 0.25) is 0 Å². The van der Waals surface area contributed by atoms with E-state index in [1.807, 2.05) is 0 Å². The summed E-state index contributed by atoms with van der Waals surface area (Å²) in [5, 5.41) is 8.48. The van der Waals surface area contributed by atoms with E-state index in [9.17, 15) is 0 Å². The van der Waals surface area contributed by atoms with E-state index in [1.165, 1.54) is 6.20 Å². The molecule has 1 aromatic carbocycles. The van der Waals surface area contributed by atoms with Gasteiger partial charge in [-0.2, -0.15) is 10.2 Å². The third kappa shape index (κ3) is 0.934. The van der Waals surface area contributed by atoms with Crippen molar-refractivity contribution in [2.45, 2.75) is 0 Å². The summed E-state index contributed by atoms with van der Waals surface area (Å²) in [4.78, 5) is 0. The van der Waals surface area contributed by atoms with E-state index in [0.717, 1.165) is 10.9 Å². The first-order valence-electron chi connectivity index (χ1n) is 3.54. The second-order valence-corrected chi connectivity index (χ2v) is 2.58. The molecule has 0 bridgehead atoms. The molecule has 0 amide bonds. The largest absolute Gasteiger partial charge is 0.399 e. The van der Waals surface area contributed by atoms with Crippen LogP contribution in [-0.4, -0.2) is 10.2 Å². The molecule has 1 aromatic heterocycles. The monoisotopic (exact) mass is 160 g/mol. The van der Waals surface area contributed by atoms with E-state index in [0.29, 0.717) is 11.4 Å². The molecule has 12 heavy (non-hydrogen) atoms. The van der Waals surface area contributed by atoms with Crippen molar-refractivity contribution in [2.75, 3.05) is 11.5 Å². The lowest BCUT2D eigenvalue weighted by Gasteiger charge is -1.99. The van der Waals surface area contributed by atoms with E-state index in [-0.39, 0.29) is 0 Å². The highest BCUT2D eigenvalue weighted by molar-refractivity contribution is 5.91. The van der Waals surface area contributed by atoms with Crippen LogP contribution in [0.3, 0.4) is 0 Å². The van der Waals surface area contributed by atoms with Crippen molar-refractivity contribution < 1.29 is 0 Å². The maximum atomic E-state index is 5.67. The average Bonchev–Trinajstić information content (AvgIpc) is 2.07. The zero-order valence-electron chi connectivity index (χ0n) is 6.36. The second kappa shape index (κ2) is 2.34. The Balaban J connectivity index is 2.88. The standard InChI is InChI=1S/C8H8N4/c9-5-1-2-8-6(3-5)7(10)4-11-12-8/h1-4H,9H2,(H2,10,12). The molecule has 2 aromatic rings. The first-order valence-corrected chi connectivity index (χ1v) is 3.54. The molecule has 0 spiro atoms. The Bertz CT molecular complexity index is 424. The fourth-order valence-corrected chi connectivity index (χ4v) is 1.09. The van der Waals surface area contributed by atoms with Gasteiger partial charge in [0.1, 0.15) is 0 Å². The summed E-state index contributed by atoms with van der Waals surface area (Å²) in [5.41, 5.74) is 13.3. The first kappa shape index (κ1) is 6.84.